The fourth-order valence-electron chi connectivity index (χ4n) is 3.51. The average Bonchev–Trinajstić information content (AvgIpc) is 3.23. The summed E-state index contributed by atoms with van der Waals surface area (Å²) >= 11 is 0. The highest BCUT2D eigenvalue weighted by atomic mass is 16.6. The summed E-state index contributed by atoms with van der Waals surface area (Å²) in [4.78, 5) is 26.9. The van der Waals surface area contributed by atoms with Gasteiger partial charge in [0.2, 0.25) is 0 Å². The zero-order chi connectivity index (χ0) is 23.4. The Morgan fingerprint density at radius 1 is 1.06 bits per heavy atom. The Bertz CT molecular complexity index is 1360. The maximum Gasteiger partial charge on any atom is 0.288 e. The lowest BCUT2D eigenvalue weighted by Crippen LogP contribution is -2.19. The number of hydrogen-bond acceptors (Lipinski definition) is 6. The van der Waals surface area contributed by atoms with E-state index in [1.54, 1.807) is 31.4 Å². The van der Waals surface area contributed by atoms with E-state index < -0.39 is 10.8 Å². The van der Waals surface area contributed by atoms with Gasteiger partial charge in [0.05, 0.1) is 25.4 Å². The number of non-ortho nitro benzene ring substituents is 1. The van der Waals surface area contributed by atoms with Crippen molar-refractivity contribution in [2.45, 2.75) is 0 Å². The topological polar surface area (TPSA) is 119 Å². The zero-order valence-electron chi connectivity index (χ0n) is 17.9. The first-order valence-electron chi connectivity index (χ1n) is 9.92. The van der Waals surface area contributed by atoms with Gasteiger partial charge in [0.15, 0.2) is 0 Å². The number of nitro groups is 1. The van der Waals surface area contributed by atoms with Gasteiger partial charge < -0.3 is 14.5 Å². The molecule has 0 aliphatic heterocycles. The molecule has 33 heavy (non-hydrogen) atoms. The first-order valence-corrected chi connectivity index (χ1v) is 9.92. The van der Waals surface area contributed by atoms with Crippen LogP contribution in [0.25, 0.3) is 22.0 Å². The Hall–Kier alpha value is -4.66. The number of nitro benzene ring substituents is 1. The number of nitrogens with one attached hydrogen (secondary N) is 2. The van der Waals surface area contributed by atoms with E-state index in [-0.39, 0.29) is 11.4 Å². The second-order valence-electron chi connectivity index (χ2n) is 7.04. The largest absolute Gasteiger partial charge is 0.497 e. The Balaban J connectivity index is 1.70. The second-order valence-corrected chi connectivity index (χ2v) is 7.04. The molecule has 4 aromatic rings. The quantitative estimate of drug-likeness (QED) is 0.247. The zero-order valence-corrected chi connectivity index (χ0v) is 17.9. The third kappa shape index (κ3) is 4.38. The van der Waals surface area contributed by atoms with Crippen molar-refractivity contribution < 1.29 is 19.2 Å². The minimum atomic E-state index is -0.489. The number of hydrogen-bond donors (Lipinski definition) is 2. The van der Waals surface area contributed by atoms with E-state index >= 15 is 0 Å². The van der Waals surface area contributed by atoms with Crippen LogP contribution in [0, 0.1) is 10.1 Å². The molecule has 4 rings (SSSR count). The normalized spacial score (nSPS) is 11.0. The molecule has 0 saturated heterocycles. The molecule has 9 heteroatoms. The van der Waals surface area contributed by atoms with Crippen LogP contribution in [-0.2, 0) is 0 Å². The molecule has 9 nitrogen and oxygen atoms in total. The summed E-state index contributed by atoms with van der Waals surface area (Å²) in [5.74, 6) is 0.680. The Labute approximate surface area is 188 Å². The number of nitrogens with zero attached hydrogens (tertiary/aromatic N) is 2. The van der Waals surface area contributed by atoms with Crippen molar-refractivity contribution in [2.24, 2.45) is 5.10 Å². The van der Waals surface area contributed by atoms with Crippen molar-refractivity contribution in [3.8, 4) is 22.6 Å². The molecule has 0 aliphatic carbocycles. The monoisotopic (exact) mass is 444 g/mol. The molecule has 0 saturated carbocycles. The van der Waals surface area contributed by atoms with Gasteiger partial charge in [-0.15, -0.1) is 0 Å². The number of fused-ring (bicyclic) bond motifs is 1. The van der Waals surface area contributed by atoms with Crippen LogP contribution in [0.3, 0.4) is 0 Å². The number of H-pyrrole nitrogens is 1. The van der Waals surface area contributed by atoms with E-state index in [9.17, 15) is 14.9 Å². The van der Waals surface area contributed by atoms with Crippen molar-refractivity contribution in [1.82, 2.24) is 10.4 Å². The van der Waals surface area contributed by atoms with E-state index in [4.69, 9.17) is 9.47 Å². The Kier molecular flexibility index (Phi) is 6.03. The molecule has 0 spiro atoms. The Morgan fingerprint density at radius 2 is 1.85 bits per heavy atom. The highest BCUT2D eigenvalue weighted by molar-refractivity contribution is 6.10. The van der Waals surface area contributed by atoms with E-state index in [0.717, 1.165) is 5.56 Å². The lowest BCUT2D eigenvalue weighted by atomic mass is 10.0. The second kappa shape index (κ2) is 9.23. The molecule has 2 N–H and O–H groups in total. The fourth-order valence-corrected chi connectivity index (χ4v) is 3.51. The van der Waals surface area contributed by atoms with Crippen LogP contribution in [0.2, 0.25) is 0 Å². The molecular formula is C24H20N4O5. The summed E-state index contributed by atoms with van der Waals surface area (Å²) in [6, 6.07) is 18.8. The molecule has 0 atom stereocenters. The number of carbonyl (C=O) groups is 1. The number of hydrazone groups is 1. The van der Waals surface area contributed by atoms with Gasteiger partial charge in [0.1, 0.15) is 17.2 Å². The first-order chi connectivity index (χ1) is 16.0. The summed E-state index contributed by atoms with van der Waals surface area (Å²) in [6.45, 7) is 0. The van der Waals surface area contributed by atoms with Gasteiger partial charge in [-0.05, 0) is 23.8 Å². The molecular weight excluding hydrogens is 424 g/mol. The molecule has 1 amide bonds. The van der Waals surface area contributed by atoms with E-state index in [2.05, 4.69) is 15.5 Å². The minimum Gasteiger partial charge on any atom is -0.497 e. The molecule has 3 aromatic carbocycles. The third-order valence-electron chi connectivity index (χ3n) is 5.09. The third-order valence-corrected chi connectivity index (χ3v) is 5.09. The summed E-state index contributed by atoms with van der Waals surface area (Å²) < 4.78 is 10.5. The lowest BCUT2D eigenvalue weighted by molar-refractivity contribution is -0.384. The van der Waals surface area contributed by atoms with E-state index in [1.807, 2.05) is 30.3 Å². The predicted molar refractivity (Wildman–Crippen MR) is 125 cm³/mol. The SMILES string of the molecule is COc1ccc(C=NNC(=O)c2[nH]c3ccc([N+](=O)[O-])cc3c2-c2ccccc2)c(OC)c1. The summed E-state index contributed by atoms with van der Waals surface area (Å²) in [7, 11) is 3.09. The highest BCUT2D eigenvalue weighted by Gasteiger charge is 2.21. The first kappa shape index (κ1) is 21.6. The number of aromatic amines is 1. The average molecular weight is 444 g/mol. The number of rotatable bonds is 7. The number of aromatic nitrogens is 1. The molecule has 1 heterocycles. The molecule has 1 aromatic heterocycles. The van der Waals surface area contributed by atoms with E-state index in [0.29, 0.717) is 33.5 Å². The minimum absolute atomic E-state index is 0.0599. The van der Waals surface area contributed by atoms with Crippen LogP contribution in [0.15, 0.2) is 71.8 Å². The molecule has 0 radical (unpaired) electrons. The van der Waals surface area contributed by atoms with Crippen LogP contribution in [0.4, 0.5) is 5.69 Å². The van der Waals surface area contributed by atoms with Crippen molar-refractivity contribution in [1.29, 1.82) is 0 Å². The molecule has 0 fully saturated rings. The fraction of sp³-hybridized carbons (Fsp3) is 0.0833. The number of benzene rings is 3. The molecule has 0 aliphatic rings. The van der Waals surface area contributed by atoms with Gasteiger partial charge in [0.25, 0.3) is 11.6 Å². The van der Waals surface area contributed by atoms with Gasteiger partial charge in [0, 0.05) is 40.2 Å². The van der Waals surface area contributed by atoms with E-state index in [1.165, 1.54) is 25.5 Å². The number of carbonyl (C=O) groups excluding carboxylic acids is 1. The van der Waals surface area contributed by atoms with Crippen molar-refractivity contribution in [3.63, 3.8) is 0 Å². The summed E-state index contributed by atoms with van der Waals surface area (Å²) in [5.41, 5.74) is 5.25. The standard InChI is InChI=1S/C24H20N4O5/c1-32-18-10-8-16(21(13-18)33-2)14-25-27-24(29)23-22(15-6-4-3-5-7-15)19-12-17(28(30)31)9-11-20(19)26-23/h3-14,26H,1-2H3,(H,27,29). The molecule has 0 unspecified atom stereocenters. The van der Waals surface area contributed by atoms with Crippen LogP contribution >= 0.6 is 0 Å². The molecule has 0 bridgehead atoms. The van der Waals surface area contributed by atoms with Gasteiger partial charge >= 0.3 is 0 Å². The summed E-state index contributed by atoms with van der Waals surface area (Å²) in [6.07, 6.45) is 1.46. The van der Waals surface area contributed by atoms with Gasteiger partial charge in [-0.25, -0.2) is 5.43 Å². The van der Waals surface area contributed by atoms with Crippen LogP contribution in [0.1, 0.15) is 16.1 Å². The smallest absolute Gasteiger partial charge is 0.288 e. The van der Waals surface area contributed by atoms with Gasteiger partial charge in [-0.1, -0.05) is 30.3 Å². The summed E-state index contributed by atoms with van der Waals surface area (Å²) in [5, 5.41) is 15.9. The highest BCUT2D eigenvalue weighted by Crippen LogP contribution is 2.34. The maximum absolute atomic E-state index is 13.0. The number of ether oxygens (including phenoxy) is 2. The Morgan fingerprint density at radius 3 is 2.55 bits per heavy atom. The van der Waals surface area contributed by atoms with Crippen molar-refractivity contribution in [3.05, 3.63) is 88.1 Å². The maximum atomic E-state index is 13.0. The predicted octanol–water partition coefficient (Wildman–Crippen LogP) is 4.52. The van der Waals surface area contributed by atoms with Crippen molar-refractivity contribution >= 4 is 28.7 Å². The van der Waals surface area contributed by atoms with Gasteiger partial charge in [-0.3, -0.25) is 14.9 Å². The molecule has 166 valence electrons. The number of methoxy groups -OCH3 is 2. The van der Waals surface area contributed by atoms with Gasteiger partial charge in [-0.2, -0.15) is 5.10 Å². The van der Waals surface area contributed by atoms with Crippen LogP contribution in [-0.4, -0.2) is 36.2 Å². The number of amides is 1. The van der Waals surface area contributed by atoms with Crippen LogP contribution < -0.4 is 14.9 Å². The lowest BCUT2D eigenvalue weighted by Gasteiger charge is -2.07. The van der Waals surface area contributed by atoms with Crippen LogP contribution in [0.5, 0.6) is 11.5 Å². The van der Waals surface area contributed by atoms with Crippen molar-refractivity contribution in [2.75, 3.05) is 14.2 Å².